The van der Waals surface area contributed by atoms with Crippen molar-refractivity contribution in [3.05, 3.63) is 47.4 Å². The summed E-state index contributed by atoms with van der Waals surface area (Å²) >= 11 is 0. The van der Waals surface area contributed by atoms with Crippen LogP contribution < -0.4 is 9.21 Å². The van der Waals surface area contributed by atoms with E-state index >= 15 is 0 Å². The molecule has 9 heteroatoms. The number of carbonyl (C=O) groups excluding carboxylic acids is 1. The minimum Gasteiger partial charge on any atom is -0.353 e. The van der Waals surface area contributed by atoms with Crippen LogP contribution in [0.1, 0.15) is 35.0 Å². The number of sulfonamides is 1. The molecule has 8 nitrogen and oxygen atoms in total. The van der Waals surface area contributed by atoms with Gasteiger partial charge in [-0.1, -0.05) is 13.0 Å². The van der Waals surface area contributed by atoms with E-state index in [4.69, 9.17) is 0 Å². The predicted octanol–water partition coefficient (Wildman–Crippen LogP) is 1.85. The van der Waals surface area contributed by atoms with Crippen molar-refractivity contribution in [3.8, 4) is 0 Å². The highest BCUT2D eigenvalue weighted by atomic mass is 32.2. The fraction of sp³-hybridized carbons (Fsp3) is 0.476. The summed E-state index contributed by atoms with van der Waals surface area (Å²) in [5, 5.41) is 0. The average molecular weight is 430 g/mol. The number of hydrogen-bond acceptors (Lipinski definition) is 6. The molecule has 0 spiro atoms. The molecule has 0 saturated carbocycles. The van der Waals surface area contributed by atoms with E-state index in [1.807, 2.05) is 6.20 Å². The van der Waals surface area contributed by atoms with Crippen molar-refractivity contribution in [1.82, 2.24) is 14.9 Å². The zero-order valence-electron chi connectivity index (χ0n) is 17.4. The number of aromatic nitrogens is 2. The monoisotopic (exact) mass is 429 g/mol. The molecule has 4 rings (SSSR count). The van der Waals surface area contributed by atoms with Gasteiger partial charge in [-0.15, -0.1) is 0 Å². The van der Waals surface area contributed by atoms with E-state index < -0.39 is 10.0 Å². The van der Waals surface area contributed by atoms with Crippen molar-refractivity contribution in [3.63, 3.8) is 0 Å². The van der Waals surface area contributed by atoms with Gasteiger partial charge in [-0.25, -0.2) is 18.4 Å². The highest BCUT2D eigenvalue weighted by Crippen LogP contribution is 2.24. The van der Waals surface area contributed by atoms with Crippen LogP contribution in [0.2, 0.25) is 0 Å². The molecule has 2 aliphatic heterocycles. The van der Waals surface area contributed by atoms with Crippen molar-refractivity contribution in [2.45, 2.75) is 26.7 Å². The Bertz CT molecular complexity index is 1030. The first-order valence-corrected chi connectivity index (χ1v) is 12.0. The van der Waals surface area contributed by atoms with Crippen molar-refractivity contribution < 1.29 is 13.2 Å². The molecule has 0 bridgehead atoms. The molecule has 30 heavy (non-hydrogen) atoms. The summed E-state index contributed by atoms with van der Waals surface area (Å²) in [6, 6.07) is 5.46. The molecule has 2 aromatic heterocycles. The Labute approximate surface area is 177 Å². The third-order valence-corrected chi connectivity index (χ3v) is 7.61. The quantitative estimate of drug-likeness (QED) is 0.737. The summed E-state index contributed by atoms with van der Waals surface area (Å²) in [4.78, 5) is 25.7. The van der Waals surface area contributed by atoms with Gasteiger partial charge in [0.1, 0.15) is 11.5 Å². The molecule has 2 saturated heterocycles. The molecule has 160 valence electrons. The van der Waals surface area contributed by atoms with Gasteiger partial charge in [-0.3, -0.25) is 9.10 Å². The van der Waals surface area contributed by atoms with Crippen LogP contribution >= 0.6 is 0 Å². The molecule has 0 N–H and O–H groups in total. The highest BCUT2D eigenvalue weighted by Gasteiger charge is 2.29. The number of amides is 1. The van der Waals surface area contributed by atoms with Gasteiger partial charge in [-0.05, 0) is 43.0 Å². The van der Waals surface area contributed by atoms with Gasteiger partial charge in [0.05, 0.1) is 17.6 Å². The maximum Gasteiger partial charge on any atom is 0.272 e. The second-order valence-electron chi connectivity index (χ2n) is 7.76. The van der Waals surface area contributed by atoms with E-state index in [0.717, 1.165) is 30.9 Å². The van der Waals surface area contributed by atoms with Gasteiger partial charge in [0.2, 0.25) is 10.0 Å². The smallest absolute Gasteiger partial charge is 0.272 e. The lowest BCUT2D eigenvalue weighted by Crippen LogP contribution is -2.49. The fourth-order valence-electron chi connectivity index (χ4n) is 4.02. The summed E-state index contributed by atoms with van der Waals surface area (Å²) in [5.41, 5.74) is 3.24. The lowest BCUT2D eigenvalue weighted by Gasteiger charge is -2.36. The molecule has 0 aromatic carbocycles. The highest BCUT2D eigenvalue weighted by molar-refractivity contribution is 7.93. The normalized spacial score (nSPS) is 18.7. The van der Waals surface area contributed by atoms with Crippen LogP contribution in [0.3, 0.4) is 0 Å². The summed E-state index contributed by atoms with van der Waals surface area (Å²) < 4.78 is 25.5. The zero-order valence-corrected chi connectivity index (χ0v) is 18.2. The molecule has 2 fully saturated rings. The Morgan fingerprint density at radius 2 is 1.83 bits per heavy atom. The van der Waals surface area contributed by atoms with E-state index in [-0.39, 0.29) is 11.7 Å². The van der Waals surface area contributed by atoms with Crippen LogP contribution in [0, 0.1) is 6.92 Å². The number of nitrogens with zero attached hydrogens (tertiary/aromatic N) is 5. The molecule has 4 heterocycles. The standard InChI is InChI=1S/C21H27N5O3S/c1-3-17-13-16(2)20(23-14-17)24-8-10-25(11-9-24)21(27)19-6-5-18(15-22-19)26-7-4-12-30(26,28)29/h5-6,13-15H,3-4,7-12H2,1-2H3. The maximum absolute atomic E-state index is 12.9. The Balaban J connectivity index is 1.40. The number of rotatable bonds is 4. The second-order valence-corrected chi connectivity index (χ2v) is 9.77. The number of carbonyl (C=O) groups is 1. The third kappa shape index (κ3) is 3.98. The Kier molecular flexibility index (Phi) is 5.64. The van der Waals surface area contributed by atoms with Crippen LogP contribution in [0.5, 0.6) is 0 Å². The predicted molar refractivity (Wildman–Crippen MR) is 116 cm³/mol. The van der Waals surface area contributed by atoms with Gasteiger partial charge in [-0.2, -0.15) is 0 Å². The van der Waals surface area contributed by atoms with Gasteiger partial charge in [0.25, 0.3) is 5.91 Å². The zero-order chi connectivity index (χ0) is 21.3. The molecule has 0 atom stereocenters. The van der Waals surface area contributed by atoms with Crippen LogP contribution in [-0.4, -0.2) is 67.7 Å². The van der Waals surface area contributed by atoms with Crippen molar-refractivity contribution in [2.75, 3.05) is 47.7 Å². The van der Waals surface area contributed by atoms with E-state index in [1.165, 1.54) is 16.1 Å². The van der Waals surface area contributed by atoms with Crippen LogP contribution in [0.4, 0.5) is 11.5 Å². The largest absolute Gasteiger partial charge is 0.353 e. The topological polar surface area (TPSA) is 86.7 Å². The first-order chi connectivity index (χ1) is 14.4. The fourth-order valence-corrected chi connectivity index (χ4v) is 5.57. The molecule has 1 amide bonds. The minimum absolute atomic E-state index is 0.128. The summed E-state index contributed by atoms with van der Waals surface area (Å²) in [6.45, 7) is 7.28. The lowest BCUT2D eigenvalue weighted by atomic mass is 10.1. The number of aryl methyl sites for hydroxylation is 2. The van der Waals surface area contributed by atoms with E-state index in [9.17, 15) is 13.2 Å². The van der Waals surface area contributed by atoms with Gasteiger partial charge < -0.3 is 9.80 Å². The van der Waals surface area contributed by atoms with Crippen LogP contribution in [-0.2, 0) is 16.4 Å². The van der Waals surface area contributed by atoms with Crippen molar-refractivity contribution in [1.29, 1.82) is 0 Å². The van der Waals surface area contributed by atoms with Crippen LogP contribution in [0.25, 0.3) is 0 Å². The molecule has 0 aliphatic carbocycles. The summed E-state index contributed by atoms with van der Waals surface area (Å²) in [7, 11) is -3.25. The SMILES string of the molecule is CCc1cnc(N2CCN(C(=O)c3ccc(N4CCCS4(=O)=O)cn3)CC2)c(C)c1. The van der Waals surface area contributed by atoms with Crippen LogP contribution in [0.15, 0.2) is 30.6 Å². The second kappa shape index (κ2) is 8.22. The Morgan fingerprint density at radius 1 is 1.07 bits per heavy atom. The van der Waals surface area contributed by atoms with E-state index in [0.29, 0.717) is 37.4 Å². The van der Waals surface area contributed by atoms with Gasteiger partial charge in [0, 0.05) is 38.9 Å². The molecular formula is C21H27N5O3S. The average Bonchev–Trinajstić information content (AvgIpc) is 3.12. The molecular weight excluding hydrogens is 402 g/mol. The molecule has 0 unspecified atom stereocenters. The van der Waals surface area contributed by atoms with E-state index in [1.54, 1.807) is 17.0 Å². The summed E-state index contributed by atoms with van der Waals surface area (Å²) in [6.07, 6.45) is 4.98. The molecule has 0 radical (unpaired) electrons. The van der Waals surface area contributed by atoms with Crippen molar-refractivity contribution >= 4 is 27.4 Å². The van der Waals surface area contributed by atoms with E-state index in [2.05, 4.69) is 34.8 Å². The third-order valence-electron chi connectivity index (χ3n) is 5.74. The van der Waals surface area contributed by atoms with Gasteiger partial charge >= 0.3 is 0 Å². The first-order valence-electron chi connectivity index (χ1n) is 10.4. The number of pyridine rings is 2. The Morgan fingerprint density at radius 3 is 2.40 bits per heavy atom. The maximum atomic E-state index is 12.9. The van der Waals surface area contributed by atoms with Crippen molar-refractivity contribution in [2.24, 2.45) is 0 Å². The number of anilines is 2. The van der Waals surface area contributed by atoms with Gasteiger partial charge in [0.15, 0.2) is 0 Å². The minimum atomic E-state index is -3.25. The Hall–Kier alpha value is -2.68. The summed E-state index contributed by atoms with van der Waals surface area (Å²) in [5.74, 6) is 1.01. The molecule has 2 aromatic rings. The molecule has 2 aliphatic rings. The number of hydrogen-bond donors (Lipinski definition) is 0. The lowest BCUT2D eigenvalue weighted by molar-refractivity contribution is 0.0740. The first kappa shape index (κ1) is 20.6. The number of piperazine rings is 1.